The van der Waals surface area contributed by atoms with Gasteiger partial charge in [-0.15, -0.1) is 0 Å². The molecule has 1 aliphatic heterocycles. The lowest BCUT2D eigenvalue weighted by atomic mass is 10.2. The van der Waals surface area contributed by atoms with Crippen molar-refractivity contribution in [1.29, 1.82) is 0 Å². The van der Waals surface area contributed by atoms with Crippen LogP contribution in [0, 0.1) is 0 Å². The van der Waals surface area contributed by atoms with Gasteiger partial charge in [-0.2, -0.15) is 0 Å². The number of hydrogen-bond donors (Lipinski definition) is 1. The molecule has 0 aromatic carbocycles. The molecule has 14 heavy (non-hydrogen) atoms. The van der Waals surface area contributed by atoms with Crippen molar-refractivity contribution < 1.29 is 0 Å². The first-order valence-corrected chi connectivity index (χ1v) is 5.41. The van der Waals surface area contributed by atoms with Gasteiger partial charge in [0.1, 0.15) is 0 Å². The van der Waals surface area contributed by atoms with E-state index in [0.29, 0.717) is 6.04 Å². The van der Waals surface area contributed by atoms with Gasteiger partial charge in [0, 0.05) is 45.3 Å². The summed E-state index contributed by atoms with van der Waals surface area (Å²) in [5, 5.41) is 0. The minimum atomic E-state index is 0.547. The highest BCUT2D eigenvalue weighted by molar-refractivity contribution is 4.80. The van der Waals surface area contributed by atoms with E-state index in [9.17, 15) is 0 Å². The summed E-state index contributed by atoms with van der Waals surface area (Å²) in [7, 11) is 6.41. The van der Waals surface area contributed by atoms with Crippen molar-refractivity contribution in [3.8, 4) is 0 Å². The molecule has 0 aromatic heterocycles. The summed E-state index contributed by atoms with van der Waals surface area (Å²) in [4.78, 5) is 7.11. The summed E-state index contributed by atoms with van der Waals surface area (Å²) in [6.07, 6.45) is 0. The molecular weight excluding hydrogens is 176 g/mol. The minimum Gasteiger partial charge on any atom is -0.329 e. The van der Waals surface area contributed by atoms with E-state index in [1.54, 1.807) is 0 Å². The molecule has 4 nitrogen and oxygen atoms in total. The Hall–Kier alpha value is -0.160. The van der Waals surface area contributed by atoms with Crippen molar-refractivity contribution in [1.82, 2.24) is 14.7 Å². The number of nitrogens with two attached hydrogens (primary N) is 1. The van der Waals surface area contributed by atoms with Crippen LogP contribution in [0.15, 0.2) is 0 Å². The van der Waals surface area contributed by atoms with Gasteiger partial charge < -0.3 is 10.6 Å². The molecule has 84 valence electrons. The van der Waals surface area contributed by atoms with Crippen molar-refractivity contribution in [2.75, 3.05) is 60.4 Å². The molecule has 1 unspecified atom stereocenters. The Labute approximate surface area is 87.6 Å². The summed E-state index contributed by atoms with van der Waals surface area (Å²) in [5.74, 6) is 0. The Morgan fingerprint density at radius 2 is 2.07 bits per heavy atom. The highest BCUT2D eigenvalue weighted by atomic mass is 15.3. The Kier molecular flexibility index (Phi) is 4.81. The molecule has 2 N–H and O–H groups in total. The maximum atomic E-state index is 5.73. The van der Waals surface area contributed by atoms with E-state index < -0.39 is 0 Å². The van der Waals surface area contributed by atoms with Crippen LogP contribution >= 0.6 is 0 Å². The SMILES string of the molecule is CN(C)CCN1CCN(C)C(CN)C1. The van der Waals surface area contributed by atoms with Gasteiger partial charge in [0.15, 0.2) is 0 Å². The molecule has 4 heteroatoms. The monoisotopic (exact) mass is 200 g/mol. The summed E-state index contributed by atoms with van der Waals surface area (Å²) >= 11 is 0. The van der Waals surface area contributed by atoms with Gasteiger partial charge in [0.25, 0.3) is 0 Å². The van der Waals surface area contributed by atoms with Crippen LogP contribution in [0.1, 0.15) is 0 Å². The van der Waals surface area contributed by atoms with Gasteiger partial charge in [-0.25, -0.2) is 0 Å². The lowest BCUT2D eigenvalue weighted by Crippen LogP contribution is -2.55. The fourth-order valence-electron chi connectivity index (χ4n) is 1.81. The predicted octanol–water partition coefficient (Wildman–Crippen LogP) is -0.877. The highest BCUT2D eigenvalue weighted by Gasteiger charge is 2.22. The molecule has 1 heterocycles. The van der Waals surface area contributed by atoms with Crippen LogP contribution in [0.5, 0.6) is 0 Å². The van der Waals surface area contributed by atoms with Crippen LogP contribution in [0.4, 0.5) is 0 Å². The van der Waals surface area contributed by atoms with Crippen LogP contribution in [-0.4, -0.2) is 81.2 Å². The second-order valence-electron chi connectivity index (χ2n) is 4.47. The van der Waals surface area contributed by atoms with Gasteiger partial charge in [-0.1, -0.05) is 0 Å². The maximum Gasteiger partial charge on any atom is 0.0343 e. The zero-order valence-electron chi connectivity index (χ0n) is 9.74. The third kappa shape index (κ3) is 3.53. The van der Waals surface area contributed by atoms with Crippen LogP contribution < -0.4 is 5.73 Å². The van der Waals surface area contributed by atoms with E-state index in [-0.39, 0.29) is 0 Å². The van der Waals surface area contributed by atoms with E-state index in [2.05, 4.69) is 35.8 Å². The minimum absolute atomic E-state index is 0.547. The second-order valence-corrected chi connectivity index (χ2v) is 4.47. The molecule has 0 aromatic rings. The summed E-state index contributed by atoms with van der Waals surface area (Å²) in [6.45, 7) is 6.53. The average Bonchev–Trinajstić information content (AvgIpc) is 2.16. The first-order chi connectivity index (χ1) is 6.63. The lowest BCUT2D eigenvalue weighted by Gasteiger charge is -2.39. The van der Waals surface area contributed by atoms with Crippen molar-refractivity contribution in [3.63, 3.8) is 0 Å². The smallest absolute Gasteiger partial charge is 0.0343 e. The molecule has 1 atom stereocenters. The van der Waals surface area contributed by atoms with Crippen LogP contribution in [0.3, 0.4) is 0 Å². The molecule has 0 bridgehead atoms. The van der Waals surface area contributed by atoms with Gasteiger partial charge in [0.2, 0.25) is 0 Å². The molecule has 1 rings (SSSR count). The van der Waals surface area contributed by atoms with Gasteiger partial charge in [-0.05, 0) is 21.1 Å². The fourth-order valence-corrected chi connectivity index (χ4v) is 1.81. The zero-order chi connectivity index (χ0) is 10.6. The fraction of sp³-hybridized carbons (Fsp3) is 1.00. The number of piperazine rings is 1. The van der Waals surface area contributed by atoms with E-state index >= 15 is 0 Å². The van der Waals surface area contributed by atoms with E-state index in [1.165, 1.54) is 6.54 Å². The van der Waals surface area contributed by atoms with E-state index in [0.717, 1.165) is 32.7 Å². The Bertz CT molecular complexity index is 160. The van der Waals surface area contributed by atoms with Crippen molar-refractivity contribution in [3.05, 3.63) is 0 Å². The molecule has 1 saturated heterocycles. The predicted molar refractivity (Wildman–Crippen MR) is 60.5 cm³/mol. The average molecular weight is 200 g/mol. The number of likely N-dealkylation sites (N-methyl/N-ethyl adjacent to an activating group) is 2. The lowest BCUT2D eigenvalue weighted by molar-refractivity contribution is 0.0945. The highest BCUT2D eigenvalue weighted by Crippen LogP contribution is 2.05. The Morgan fingerprint density at radius 3 is 2.64 bits per heavy atom. The molecule has 0 radical (unpaired) electrons. The number of rotatable bonds is 4. The molecular formula is C10H24N4. The third-order valence-electron chi connectivity index (χ3n) is 3.00. The van der Waals surface area contributed by atoms with Crippen molar-refractivity contribution in [2.45, 2.75) is 6.04 Å². The quantitative estimate of drug-likeness (QED) is 0.639. The van der Waals surface area contributed by atoms with Gasteiger partial charge in [-0.3, -0.25) is 9.80 Å². The first-order valence-electron chi connectivity index (χ1n) is 5.41. The Morgan fingerprint density at radius 1 is 1.36 bits per heavy atom. The van der Waals surface area contributed by atoms with Crippen molar-refractivity contribution >= 4 is 0 Å². The van der Waals surface area contributed by atoms with Crippen molar-refractivity contribution in [2.24, 2.45) is 5.73 Å². The van der Waals surface area contributed by atoms with Crippen LogP contribution in [0.2, 0.25) is 0 Å². The van der Waals surface area contributed by atoms with Gasteiger partial charge >= 0.3 is 0 Å². The largest absolute Gasteiger partial charge is 0.329 e. The van der Waals surface area contributed by atoms with E-state index in [1.807, 2.05) is 0 Å². The van der Waals surface area contributed by atoms with Crippen LogP contribution in [0.25, 0.3) is 0 Å². The molecule has 0 spiro atoms. The molecule has 0 amide bonds. The zero-order valence-corrected chi connectivity index (χ0v) is 9.74. The molecule has 0 saturated carbocycles. The summed E-state index contributed by atoms with van der Waals surface area (Å²) in [6, 6.07) is 0.547. The standard InChI is InChI=1S/C10H24N4/c1-12(2)4-6-14-7-5-13(3)10(8-11)9-14/h10H,4-9,11H2,1-3H3. The topological polar surface area (TPSA) is 35.7 Å². The number of hydrogen-bond acceptors (Lipinski definition) is 4. The molecule has 1 fully saturated rings. The molecule has 0 aliphatic carbocycles. The maximum absolute atomic E-state index is 5.73. The Balaban J connectivity index is 2.27. The normalized spacial score (nSPS) is 25.9. The van der Waals surface area contributed by atoms with Crippen LogP contribution in [-0.2, 0) is 0 Å². The first kappa shape index (κ1) is 11.9. The number of nitrogens with zero attached hydrogens (tertiary/aromatic N) is 3. The van der Waals surface area contributed by atoms with Gasteiger partial charge in [0.05, 0.1) is 0 Å². The summed E-state index contributed by atoms with van der Waals surface area (Å²) in [5.41, 5.74) is 5.73. The summed E-state index contributed by atoms with van der Waals surface area (Å²) < 4.78 is 0. The van der Waals surface area contributed by atoms with E-state index in [4.69, 9.17) is 5.73 Å². The molecule has 1 aliphatic rings. The third-order valence-corrected chi connectivity index (χ3v) is 3.00. The second kappa shape index (κ2) is 5.66.